The largest absolute Gasteiger partial charge is 0.465 e. The van der Waals surface area contributed by atoms with Gasteiger partial charge in [0, 0.05) is 7.05 Å². The van der Waals surface area contributed by atoms with Crippen molar-refractivity contribution < 1.29 is 17.9 Å². The van der Waals surface area contributed by atoms with Gasteiger partial charge in [0.1, 0.15) is 11.5 Å². The first-order valence-corrected chi connectivity index (χ1v) is 6.17. The van der Waals surface area contributed by atoms with Crippen LogP contribution in [0.3, 0.4) is 0 Å². The normalized spacial score (nSPS) is 12.3. The van der Waals surface area contributed by atoms with Gasteiger partial charge in [0.2, 0.25) is 10.0 Å². The predicted octanol–water partition coefficient (Wildman–Crippen LogP) is 0.342. The van der Waals surface area contributed by atoms with Gasteiger partial charge in [-0.25, -0.2) is 8.42 Å². The first kappa shape index (κ1) is 12.2. The van der Waals surface area contributed by atoms with Crippen molar-refractivity contribution in [2.45, 2.75) is 13.5 Å². The van der Waals surface area contributed by atoms with Gasteiger partial charge in [-0.05, 0) is 19.1 Å². The summed E-state index contributed by atoms with van der Waals surface area (Å²) in [5.74, 6) is 1.08. The summed E-state index contributed by atoms with van der Waals surface area (Å²) in [7, 11) is -1.91. The molecule has 0 aliphatic heterocycles. The van der Waals surface area contributed by atoms with E-state index in [2.05, 4.69) is 0 Å². The highest BCUT2D eigenvalue weighted by atomic mass is 32.2. The first-order chi connectivity index (χ1) is 6.95. The summed E-state index contributed by atoms with van der Waals surface area (Å²) in [6, 6.07) is 3.52. The lowest BCUT2D eigenvalue weighted by Gasteiger charge is -2.14. The summed E-state index contributed by atoms with van der Waals surface area (Å²) in [5.41, 5.74) is 0. The quantitative estimate of drug-likeness (QED) is 0.796. The molecule has 1 N–H and O–H groups in total. The molecule has 15 heavy (non-hydrogen) atoms. The van der Waals surface area contributed by atoms with Crippen molar-refractivity contribution in [1.29, 1.82) is 0 Å². The summed E-state index contributed by atoms with van der Waals surface area (Å²) >= 11 is 0. The second-order valence-corrected chi connectivity index (χ2v) is 5.50. The van der Waals surface area contributed by atoms with Crippen LogP contribution in [0.5, 0.6) is 0 Å². The molecule has 6 heteroatoms. The monoisotopic (exact) mass is 233 g/mol. The summed E-state index contributed by atoms with van der Waals surface area (Å²) < 4.78 is 29.4. The van der Waals surface area contributed by atoms with Crippen LogP contribution < -0.4 is 0 Å². The van der Waals surface area contributed by atoms with Gasteiger partial charge in [-0.1, -0.05) is 0 Å². The molecule has 0 amide bonds. The molecule has 1 aromatic rings. The van der Waals surface area contributed by atoms with Crippen LogP contribution in [0.2, 0.25) is 0 Å². The third-order valence-corrected chi connectivity index (χ3v) is 3.78. The molecular weight excluding hydrogens is 218 g/mol. The van der Waals surface area contributed by atoms with Crippen LogP contribution in [-0.4, -0.2) is 37.2 Å². The van der Waals surface area contributed by atoms with Gasteiger partial charge in [-0.15, -0.1) is 0 Å². The fraction of sp³-hybridized carbons (Fsp3) is 0.556. The maximum atomic E-state index is 11.5. The molecule has 0 fully saturated rings. The molecule has 0 aliphatic rings. The highest BCUT2D eigenvalue weighted by molar-refractivity contribution is 7.89. The molecule has 1 heterocycles. The van der Waals surface area contributed by atoms with Crippen LogP contribution >= 0.6 is 0 Å². The predicted molar refractivity (Wildman–Crippen MR) is 55.8 cm³/mol. The molecule has 0 atom stereocenters. The minimum atomic E-state index is -3.38. The van der Waals surface area contributed by atoms with Crippen molar-refractivity contribution in [3.05, 3.63) is 23.7 Å². The molecule has 1 rings (SSSR count). The second kappa shape index (κ2) is 4.78. The Morgan fingerprint density at radius 1 is 1.47 bits per heavy atom. The van der Waals surface area contributed by atoms with Crippen LogP contribution in [0, 0.1) is 6.92 Å². The Bertz CT molecular complexity index is 410. The molecule has 0 unspecified atom stereocenters. The van der Waals surface area contributed by atoms with Gasteiger partial charge in [-0.2, -0.15) is 4.31 Å². The van der Waals surface area contributed by atoms with E-state index in [0.29, 0.717) is 5.76 Å². The van der Waals surface area contributed by atoms with Crippen molar-refractivity contribution in [3.8, 4) is 0 Å². The van der Waals surface area contributed by atoms with Gasteiger partial charge in [-0.3, -0.25) is 0 Å². The molecule has 0 aliphatic carbocycles. The van der Waals surface area contributed by atoms with E-state index in [1.165, 1.54) is 11.4 Å². The van der Waals surface area contributed by atoms with Crippen LogP contribution in [0.1, 0.15) is 11.5 Å². The van der Waals surface area contributed by atoms with Crippen molar-refractivity contribution in [2.24, 2.45) is 0 Å². The lowest BCUT2D eigenvalue weighted by molar-refractivity contribution is 0.314. The fourth-order valence-corrected chi connectivity index (χ4v) is 2.03. The smallest absolute Gasteiger partial charge is 0.216 e. The number of hydrogen-bond donors (Lipinski definition) is 1. The maximum absolute atomic E-state index is 11.5. The molecule has 0 saturated heterocycles. The van der Waals surface area contributed by atoms with Gasteiger partial charge in [0.25, 0.3) is 0 Å². The van der Waals surface area contributed by atoms with E-state index in [0.717, 1.165) is 5.76 Å². The molecule has 0 aromatic carbocycles. The number of aliphatic hydroxyl groups excluding tert-OH is 1. The molecule has 0 bridgehead atoms. The van der Waals surface area contributed by atoms with E-state index in [1.54, 1.807) is 19.1 Å². The first-order valence-electron chi connectivity index (χ1n) is 4.56. The van der Waals surface area contributed by atoms with E-state index in [1.807, 2.05) is 0 Å². The van der Waals surface area contributed by atoms with E-state index in [4.69, 9.17) is 9.52 Å². The topological polar surface area (TPSA) is 70.8 Å². The van der Waals surface area contributed by atoms with Gasteiger partial charge in [0.15, 0.2) is 0 Å². The Balaban J connectivity index is 2.67. The summed E-state index contributed by atoms with van der Waals surface area (Å²) in [6.07, 6.45) is 0. The van der Waals surface area contributed by atoms with Gasteiger partial charge < -0.3 is 9.52 Å². The average Bonchev–Trinajstić information content (AvgIpc) is 2.51. The van der Waals surface area contributed by atoms with Crippen LogP contribution in [0.4, 0.5) is 0 Å². The number of rotatable bonds is 5. The SMILES string of the molecule is Cc1ccc(CN(C)S(=O)(=O)CCO)o1. The van der Waals surface area contributed by atoms with Crippen LogP contribution in [0.25, 0.3) is 0 Å². The summed E-state index contributed by atoms with van der Waals surface area (Å²) in [4.78, 5) is 0. The molecule has 0 spiro atoms. The van der Waals surface area contributed by atoms with Crippen molar-refractivity contribution in [1.82, 2.24) is 4.31 Å². The lowest BCUT2D eigenvalue weighted by atomic mass is 10.4. The number of hydrogen-bond acceptors (Lipinski definition) is 4. The van der Waals surface area contributed by atoms with Crippen molar-refractivity contribution in [3.63, 3.8) is 0 Å². The van der Waals surface area contributed by atoms with Gasteiger partial charge in [0.05, 0.1) is 18.9 Å². The molecule has 1 aromatic heterocycles. The summed E-state index contributed by atoms with van der Waals surface area (Å²) in [6.45, 7) is 1.62. The number of sulfonamides is 1. The number of furan rings is 1. The minimum absolute atomic E-state index is 0.191. The zero-order valence-electron chi connectivity index (χ0n) is 8.80. The lowest BCUT2D eigenvalue weighted by Crippen LogP contribution is -2.29. The molecule has 5 nitrogen and oxygen atoms in total. The highest BCUT2D eigenvalue weighted by Gasteiger charge is 2.18. The number of aliphatic hydroxyl groups is 1. The molecule has 0 radical (unpaired) electrons. The van der Waals surface area contributed by atoms with E-state index < -0.39 is 10.0 Å². The van der Waals surface area contributed by atoms with Crippen LogP contribution in [-0.2, 0) is 16.6 Å². The molecule has 86 valence electrons. The van der Waals surface area contributed by atoms with E-state index >= 15 is 0 Å². The third kappa shape index (κ3) is 3.33. The van der Waals surface area contributed by atoms with Crippen LogP contribution in [0.15, 0.2) is 16.5 Å². The standard InChI is InChI=1S/C9H15NO4S/c1-8-3-4-9(14-8)7-10(2)15(12,13)6-5-11/h3-4,11H,5-7H2,1-2H3. The highest BCUT2D eigenvalue weighted by Crippen LogP contribution is 2.10. The zero-order chi connectivity index (χ0) is 11.5. The Kier molecular flexibility index (Phi) is 3.90. The average molecular weight is 233 g/mol. The third-order valence-electron chi connectivity index (χ3n) is 2.00. The Labute approximate surface area is 89.4 Å². The second-order valence-electron chi connectivity index (χ2n) is 3.31. The molecular formula is C9H15NO4S. The summed E-state index contributed by atoms with van der Waals surface area (Å²) in [5, 5.41) is 8.59. The zero-order valence-corrected chi connectivity index (χ0v) is 9.62. The molecule has 0 saturated carbocycles. The van der Waals surface area contributed by atoms with E-state index in [9.17, 15) is 8.42 Å². The van der Waals surface area contributed by atoms with E-state index in [-0.39, 0.29) is 18.9 Å². The maximum Gasteiger partial charge on any atom is 0.216 e. The number of aryl methyl sites for hydroxylation is 1. The van der Waals surface area contributed by atoms with Gasteiger partial charge >= 0.3 is 0 Å². The fourth-order valence-electron chi connectivity index (χ4n) is 1.16. The number of nitrogens with zero attached hydrogens (tertiary/aromatic N) is 1. The van der Waals surface area contributed by atoms with Crippen molar-refractivity contribution in [2.75, 3.05) is 19.4 Å². The van der Waals surface area contributed by atoms with Crippen molar-refractivity contribution >= 4 is 10.0 Å². The Morgan fingerprint density at radius 2 is 2.13 bits per heavy atom. The Morgan fingerprint density at radius 3 is 2.60 bits per heavy atom. The minimum Gasteiger partial charge on any atom is -0.465 e. The Hall–Kier alpha value is -0.850.